The first-order chi connectivity index (χ1) is 6.19. The molecule has 0 radical (unpaired) electrons. The number of aliphatic hydroxyl groups is 1. The quantitative estimate of drug-likeness (QED) is 0.776. The summed E-state index contributed by atoms with van der Waals surface area (Å²) in [5.41, 5.74) is 5.99. The first-order valence-corrected chi connectivity index (χ1v) is 4.28. The van der Waals surface area contributed by atoms with E-state index in [1.54, 1.807) is 18.2 Å². The smallest absolute Gasteiger partial charge is 0.126 e. The van der Waals surface area contributed by atoms with Crippen molar-refractivity contribution in [3.63, 3.8) is 0 Å². The lowest BCUT2D eigenvalue weighted by atomic mass is 10.1. The van der Waals surface area contributed by atoms with Crippen molar-refractivity contribution >= 4 is 11.6 Å². The fraction of sp³-hybridized carbons (Fsp3) is 0.333. The predicted molar refractivity (Wildman–Crippen MR) is 52.0 cm³/mol. The van der Waals surface area contributed by atoms with Crippen molar-refractivity contribution < 1.29 is 9.84 Å². The lowest BCUT2D eigenvalue weighted by Gasteiger charge is -2.12. The van der Waals surface area contributed by atoms with Crippen molar-refractivity contribution in [2.24, 2.45) is 5.73 Å². The van der Waals surface area contributed by atoms with Crippen molar-refractivity contribution in [1.82, 2.24) is 0 Å². The van der Waals surface area contributed by atoms with Gasteiger partial charge in [-0.1, -0.05) is 17.7 Å². The van der Waals surface area contributed by atoms with Crippen LogP contribution in [0.5, 0.6) is 5.75 Å². The topological polar surface area (TPSA) is 55.5 Å². The van der Waals surface area contributed by atoms with E-state index in [1.807, 2.05) is 0 Å². The van der Waals surface area contributed by atoms with Crippen LogP contribution in [0.2, 0.25) is 5.02 Å². The van der Waals surface area contributed by atoms with Gasteiger partial charge in [0, 0.05) is 17.1 Å². The SMILES string of the molecule is COc1cc(Cl)ccc1[C@H](O)CN. The second kappa shape index (κ2) is 4.46. The summed E-state index contributed by atoms with van der Waals surface area (Å²) in [6, 6.07) is 5.05. The van der Waals surface area contributed by atoms with Crippen LogP contribution >= 0.6 is 11.6 Å². The Morgan fingerprint density at radius 2 is 2.31 bits per heavy atom. The van der Waals surface area contributed by atoms with Crippen LogP contribution in [0.25, 0.3) is 0 Å². The molecule has 0 aliphatic carbocycles. The maximum absolute atomic E-state index is 9.48. The summed E-state index contributed by atoms with van der Waals surface area (Å²) in [4.78, 5) is 0. The van der Waals surface area contributed by atoms with E-state index in [0.717, 1.165) is 0 Å². The zero-order valence-corrected chi connectivity index (χ0v) is 8.08. The molecule has 4 heteroatoms. The Morgan fingerprint density at radius 1 is 1.62 bits per heavy atom. The third-order valence-corrected chi connectivity index (χ3v) is 2.01. The van der Waals surface area contributed by atoms with Crippen LogP contribution in [0.1, 0.15) is 11.7 Å². The molecule has 1 aromatic rings. The van der Waals surface area contributed by atoms with Gasteiger partial charge in [0.25, 0.3) is 0 Å². The van der Waals surface area contributed by atoms with Crippen LogP contribution in [-0.4, -0.2) is 18.8 Å². The molecule has 0 spiro atoms. The van der Waals surface area contributed by atoms with Crippen molar-refractivity contribution in [3.8, 4) is 5.75 Å². The molecule has 72 valence electrons. The number of aliphatic hydroxyl groups excluding tert-OH is 1. The molecule has 0 bridgehead atoms. The first-order valence-electron chi connectivity index (χ1n) is 3.90. The fourth-order valence-electron chi connectivity index (χ4n) is 1.09. The molecule has 0 aliphatic heterocycles. The van der Waals surface area contributed by atoms with Gasteiger partial charge in [0.15, 0.2) is 0 Å². The molecule has 1 rings (SSSR count). The molecule has 0 aromatic heterocycles. The van der Waals surface area contributed by atoms with Gasteiger partial charge in [-0.15, -0.1) is 0 Å². The number of rotatable bonds is 3. The van der Waals surface area contributed by atoms with E-state index in [1.165, 1.54) is 7.11 Å². The lowest BCUT2D eigenvalue weighted by Crippen LogP contribution is -2.12. The summed E-state index contributed by atoms with van der Waals surface area (Å²) in [5, 5.41) is 10.1. The summed E-state index contributed by atoms with van der Waals surface area (Å²) >= 11 is 5.75. The Balaban J connectivity index is 3.05. The van der Waals surface area contributed by atoms with Gasteiger partial charge in [-0.3, -0.25) is 0 Å². The van der Waals surface area contributed by atoms with E-state index in [-0.39, 0.29) is 6.54 Å². The Labute approximate surface area is 82.1 Å². The molecule has 13 heavy (non-hydrogen) atoms. The zero-order chi connectivity index (χ0) is 9.84. The van der Waals surface area contributed by atoms with Crippen molar-refractivity contribution in [3.05, 3.63) is 28.8 Å². The normalized spacial score (nSPS) is 12.6. The van der Waals surface area contributed by atoms with E-state index in [4.69, 9.17) is 22.1 Å². The van der Waals surface area contributed by atoms with Crippen LogP contribution in [0.3, 0.4) is 0 Å². The molecule has 0 amide bonds. The standard InChI is InChI=1S/C9H12ClNO2/c1-13-9-4-6(10)2-3-7(9)8(12)5-11/h2-4,8,12H,5,11H2,1H3/t8-/m1/s1. The number of hydrogen-bond donors (Lipinski definition) is 2. The maximum atomic E-state index is 9.48. The van der Waals surface area contributed by atoms with Crippen LogP contribution in [0.15, 0.2) is 18.2 Å². The average molecular weight is 202 g/mol. The highest BCUT2D eigenvalue weighted by molar-refractivity contribution is 6.30. The molecule has 1 aromatic carbocycles. The summed E-state index contributed by atoms with van der Waals surface area (Å²) in [7, 11) is 1.53. The average Bonchev–Trinajstić information content (AvgIpc) is 2.16. The molecule has 1 atom stereocenters. The molecule has 0 saturated carbocycles. The second-order valence-electron chi connectivity index (χ2n) is 2.64. The summed E-state index contributed by atoms with van der Waals surface area (Å²) in [6.45, 7) is 0.165. The fourth-order valence-corrected chi connectivity index (χ4v) is 1.25. The number of hydrogen-bond acceptors (Lipinski definition) is 3. The summed E-state index contributed by atoms with van der Waals surface area (Å²) in [5.74, 6) is 0.561. The van der Waals surface area contributed by atoms with Gasteiger partial charge < -0.3 is 15.6 Å². The van der Waals surface area contributed by atoms with Crippen LogP contribution in [0.4, 0.5) is 0 Å². The van der Waals surface area contributed by atoms with E-state index < -0.39 is 6.10 Å². The minimum absolute atomic E-state index is 0.165. The van der Waals surface area contributed by atoms with E-state index in [2.05, 4.69) is 0 Å². The first kappa shape index (κ1) is 10.3. The molecule has 0 fully saturated rings. The molecule has 0 unspecified atom stereocenters. The molecule has 0 aliphatic rings. The summed E-state index contributed by atoms with van der Waals surface area (Å²) in [6.07, 6.45) is -0.702. The van der Waals surface area contributed by atoms with Gasteiger partial charge >= 0.3 is 0 Å². The van der Waals surface area contributed by atoms with Gasteiger partial charge in [0.05, 0.1) is 13.2 Å². The van der Waals surface area contributed by atoms with Crippen molar-refractivity contribution in [2.45, 2.75) is 6.10 Å². The third kappa shape index (κ3) is 2.34. The molecule has 0 heterocycles. The van der Waals surface area contributed by atoms with E-state index in [9.17, 15) is 5.11 Å². The maximum Gasteiger partial charge on any atom is 0.126 e. The minimum Gasteiger partial charge on any atom is -0.496 e. The Kier molecular flexibility index (Phi) is 3.54. The van der Waals surface area contributed by atoms with Gasteiger partial charge in [-0.2, -0.15) is 0 Å². The van der Waals surface area contributed by atoms with E-state index in [0.29, 0.717) is 16.3 Å². The molecular formula is C9H12ClNO2. The number of nitrogens with two attached hydrogens (primary N) is 1. The van der Waals surface area contributed by atoms with Gasteiger partial charge in [0.1, 0.15) is 5.75 Å². The largest absolute Gasteiger partial charge is 0.496 e. The number of ether oxygens (including phenoxy) is 1. The van der Waals surface area contributed by atoms with Gasteiger partial charge in [0.2, 0.25) is 0 Å². The number of halogens is 1. The highest BCUT2D eigenvalue weighted by Gasteiger charge is 2.11. The number of methoxy groups -OCH3 is 1. The highest BCUT2D eigenvalue weighted by atomic mass is 35.5. The second-order valence-corrected chi connectivity index (χ2v) is 3.07. The Bertz CT molecular complexity index is 291. The lowest BCUT2D eigenvalue weighted by molar-refractivity contribution is 0.182. The molecular weight excluding hydrogens is 190 g/mol. The third-order valence-electron chi connectivity index (χ3n) is 1.78. The molecule has 0 saturated heterocycles. The highest BCUT2D eigenvalue weighted by Crippen LogP contribution is 2.27. The van der Waals surface area contributed by atoms with Crippen LogP contribution < -0.4 is 10.5 Å². The zero-order valence-electron chi connectivity index (χ0n) is 7.33. The van der Waals surface area contributed by atoms with Gasteiger partial charge in [-0.25, -0.2) is 0 Å². The van der Waals surface area contributed by atoms with Gasteiger partial charge in [-0.05, 0) is 12.1 Å². The van der Waals surface area contributed by atoms with Crippen LogP contribution in [0, 0.1) is 0 Å². The number of benzene rings is 1. The molecule has 3 N–H and O–H groups in total. The monoisotopic (exact) mass is 201 g/mol. The predicted octanol–water partition coefficient (Wildman–Crippen LogP) is 1.34. The van der Waals surface area contributed by atoms with Crippen LogP contribution in [-0.2, 0) is 0 Å². The minimum atomic E-state index is -0.702. The van der Waals surface area contributed by atoms with E-state index >= 15 is 0 Å². The Hall–Kier alpha value is -0.770. The van der Waals surface area contributed by atoms with Crippen molar-refractivity contribution in [2.75, 3.05) is 13.7 Å². The Morgan fingerprint density at radius 3 is 2.85 bits per heavy atom. The molecule has 3 nitrogen and oxygen atoms in total. The van der Waals surface area contributed by atoms with Crippen molar-refractivity contribution in [1.29, 1.82) is 0 Å². The summed E-state index contributed by atoms with van der Waals surface area (Å²) < 4.78 is 5.05.